The van der Waals surface area contributed by atoms with Gasteiger partial charge in [0, 0.05) is 33.5 Å². The number of nitrogens with one attached hydrogen (secondary N) is 2. The molecule has 0 radical (unpaired) electrons. The number of halogens is 4. The van der Waals surface area contributed by atoms with E-state index in [1.807, 2.05) is 0 Å². The molecule has 13 heteroatoms. The second-order valence-corrected chi connectivity index (χ2v) is 11.2. The molecule has 4 atom stereocenters. The molecule has 0 aromatic heterocycles. The number of hydrogen-bond acceptors (Lipinski definition) is 6. The molecule has 3 amide bonds. The third-order valence-corrected chi connectivity index (χ3v) is 8.26. The molecule has 210 valence electrons. The lowest BCUT2D eigenvalue weighted by molar-refractivity contribution is -0.127. The van der Waals surface area contributed by atoms with E-state index in [1.54, 1.807) is 6.92 Å². The fourth-order valence-corrected chi connectivity index (χ4v) is 5.92. The van der Waals surface area contributed by atoms with E-state index in [0.29, 0.717) is 40.5 Å². The summed E-state index contributed by atoms with van der Waals surface area (Å²) < 4.78 is 40.2. The number of anilines is 1. The predicted molar refractivity (Wildman–Crippen MR) is 143 cm³/mol. The number of rotatable bonds is 9. The Morgan fingerprint density at radius 2 is 1.87 bits per heavy atom. The lowest BCUT2D eigenvalue weighted by Gasteiger charge is -2.43. The van der Waals surface area contributed by atoms with Gasteiger partial charge in [-0.25, -0.2) is 13.2 Å². The zero-order valence-electron chi connectivity index (χ0n) is 20.9. The average Bonchev–Trinajstić information content (AvgIpc) is 2.85. The van der Waals surface area contributed by atoms with Gasteiger partial charge in [-0.1, -0.05) is 25.1 Å². The van der Waals surface area contributed by atoms with E-state index in [1.165, 1.54) is 30.0 Å². The fraction of sp³-hybridized carbons (Fsp3) is 0.346. The van der Waals surface area contributed by atoms with Crippen LogP contribution >= 0.6 is 23.4 Å². The highest BCUT2D eigenvalue weighted by atomic mass is 35.5. The molecule has 1 unspecified atom stereocenters. The van der Waals surface area contributed by atoms with Gasteiger partial charge in [-0.2, -0.15) is 0 Å². The first-order valence-electron chi connectivity index (χ1n) is 11.9. The molecule has 0 aliphatic heterocycles. The van der Waals surface area contributed by atoms with Crippen molar-refractivity contribution in [2.45, 2.75) is 48.0 Å². The van der Waals surface area contributed by atoms with Gasteiger partial charge in [0.05, 0.1) is 24.0 Å². The van der Waals surface area contributed by atoms with Crippen molar-refractivity contribution in [1.29, 1.82) is 0 Å². The third-order valence-electron chi connectivity index (χ3n) is 6.54. The summed E-state index contributed by atoms with van der Waals surface area (Å²) in [6.45, 7) is 5.67. The minimum absolute atomic E-state index is 0.0864. The number of amides is 3. The van der Waals surface area contributed by atoms with Gasteiger partial charge < -0.3 is 27.2 Å². The van der Waals surface area contributed by atoms with E-state index >= 15 is 0 Å². The molecule has 8 nitrogen and oxygen atoms in total. The highest BCUT2D eigenvalue weighted by molar-refractivity contribution is 8.00. The van der Waals surface area contributed by atoms with Crippen LogP contribution in [0.25, 0.3) is 0 Å². The summed E-state index contributed by atoms with van der Waals surface area (Å²) in [6, 6.07) is 4.68. The molecule has 1 saturated carbocycles. The standard InChI is InChI=1S/C26H28ClF3N4O4S/c1-12-5-16(6-13(2)26(12,38)11-33-25(37)20(31)10-22(32)35)39-21-7-14(3-4-17(21)27)24(36)34-15-8-18(28)23(30)19(29)9-15/h3-4,7-9,13,16,20,38H,1,5-6,10-11,31H2,2H3,(H2,32,35)(H,33,37)(H,34,36)/t13?,16-,20-,26-/m0/s1. The van der Waals surface area contributed by atoms with Gasteiger partial charge in [-0.15, -0.1) is 11.8 Å². The highest BCUT2D eigenvalue weighted by Gasteiger charge is 2.43. The van der Waals surface area contributed by atoms with Gasteiger partial charge in [0.2, 0.25) is 11.8 Å². The van der Waals surface area contributed by atoms with Crippen molar-refractivity contribution in [3.05, 3.63) is 70.5 Å². The molecule has 2 aromatic rings. The van der Waals surface area contributed by atoms with Crippen LogP contribution in [0.3, 0.4) is 0 Å². The largest absolute Gasteiger partial charge is 0.383 e. The average molecular weight is 585 g/mol. The van der Waals surface area contributed by atoms with Crippen LogP contribution < -0.4 is 22.1 Å². The zero-order chi connectivity index (χ0) is 29.1. The van der Waals surface area contributed by atoms with E-state index in [9.17, 15) is 32.7 Å². The summed E-state index contributed by atoms with van der Waals surface area (Å²) >= 11 is 7.73. The van der Waals surface area contributed by atoms with Crippen LogP contribution in [0.5, 0.6) is 0 Å². The maximum atomic E-state index is 13.5. The fourth-order valence-electron chi connectivity index (χ4n) is 4.27. The molecule has 0 spiro atoms. The highest BCUT2D eigenvalue weighted by Crippen LogP contribution is 2.44. The summed E-state index contributed by atoms with van der Waals surface area (Å²) in [6.07, 6.45) is 0.550. The number of benzene rings is 2. The van der Waals surface area contributed by atoms with Crippen LogP contribution in [-0.2, 0) is 9.59 Å². The van der Waals surface area contributed by atoms with Crippen molar-refractivity contribution in [2.75, 3.05) is 11.9 Å². The molecule has 1 fully saturated rings. The van der Waals surface area contributed by atoms with Crippen molar-refractivity contribution in [2.24, 2.45) is 17.4 Å². The first-order chi connectivity index (χ1) is 18.2. The normalized spacial score (nSPS) is 21.8. The molecular formula is C26H28ClF3N4O4S. The van der Waals surface area contributed by atoms with Crippen LogP contribution in [-0.4, -0.2) is 46.3 Å². The Bertz CT molecular complexity index is 1290. The molecule has 7 N–H and O–H groups in total. The number of hydrogen-bond donors (Lipinski definition) is 5. The Morgan fingerprint density at radius 3 is 2.46 bits per heavy atom. The van der Waals surface area contributed by atoms with Crippen LogP contribution in [0.15, 0.2) is 47.4 Å². The maximum absolute atomic E-state index is 13.5. The molecule has 0 saturated heterocycles. The van der Waals surface area contributed by atoms with Crippen molar-refractivity contribution in [1.82, 2.24) is 5.32 Å². The van der Waals surface area contributed by atoms with Crippen molar-refractivity contribution < 1.29 is 32.7 Å². The Kier molecular flexibility index (Phi) is 9.70. The van der Waals surface area contributed by atoms with Gasteiger partial charge in [0.25, 0.3) is 5.91 Å². The third kappa shape index (κ3) is 7.33. The second kappa shape index (κ2) is 12.4. The van der Waals surface area contributed by atoms with Crippen LogP contribution in [0, 0.1) is 23.4 Å². The van der Waals surface area contributed by atoms with Crippen molar-refractivity contribution >= 4 is 46.8 Å². The summed E-state index contributed by atoms with van der Waals surface area (Å²) in [5, 5.41) is 16.4. The minimum atomic E-state index is -1.64. The zero-order valence-corrected chi connectivity index (χ0v) is 22.5. The summed E-state index contributed by atoms with van der Waals surface area (Å²) in [4.78, 5) is 36.4. The lowest BCUT2D eigenvalue weighted by atomic mass is 9.73. The number of thioether (sulfide) groups is 1. The number of carbonyl (C=O) groups excluding carboxylic acids is 3. The number of aliphatic hydroxyl groups is 1. The Labute approximate surface area is 232 Å². The quantitative estimate of drug-likeness (QED) is 0.225. The van der Waals surface area contributed by atoms with Crippen molar-refractivity contribution in [3.8, 4) is 0 Å². The smallest absolute Gasteiger partial charge is 0.255 e. The maximum Gasteiger partial charge on any atom is 0.255 e. The second-order valence-electron chi connectivity index (χ2n) is 9.46. The Morgan fingerprint density at radius 1 is 1.23 bits per heavy atom. The SMILES string of the molecule is C=C1C[C@H](Sc2cc(C(=O)Nc3cc(F)c(F)c(F)c3)ccc2Cl)CC(C)[C@]1(O)CNC(=O)[C@@H](N)CC(N)=O. The summed E-state index contributed by atoms with van der Waals surface area (Å²) in [7, 11) is 0. The van der Waals surface area contributed by atoms with Gasteiger partial charge in [-0.3, -0.25) is 14.4 Å². The van der Waals surface area contributed by atoms with Gasteiger partial charge in [-0.05, 0) is 42.5 Å². The first kappa shape index (κ1) is 30.5. The molecule has 0 bridgehead atoms. The van der Waals surface area contributed by atoms with E-state index < -0.39 is 46.8 Å². The van der Waals surface area contributed by atoms with Gasteiger partial charge >= 0.3 is 0 Å². The van der Waals surface area contributed by atoms with E-state index in [2.05, 4.69) is 17.2 Å². The van der Waals surface area contributed by atoms with Crippen molar-refractivity contribution in [3.63, 3.8) is 0 Å². The molecule has 1 aliphatic rings. The molecular weight excluding hydrogens is 557 g/mol. The van der Waals surface area contributed by atoms with Gasteiger partial charge in [0.1, 0.15) is 5.60 Å². The number of carbonyl (C=O) groups is 3. The van der Waals surface area contributed by atoms with E-state index in [-0.39, 0.29) is 35.4 Å². The summed E-state index contributed by atoms with van der Waals surface area (Å²) in [5.41, 5.74) is 9.70. The Balaban J connectivity index is 1.66. The molecule has 1 aliphatic carbocycles. The van der Waals surface area contributed by atoms with E-state index in [0.717, 1.165) is 0 Å². The number of primary amides is 1. The summed E-state index contributed by atoms with van der Waals surface area (Å²) in [5.74, 6) is -6.86. The van der Waals surface area contributed by atoms with Crippen LogP contribution in [0.4, 0.5) is 18.9 Å². The molecule has 3 rings (SSSR count). The topological polar surface area (TPSA) is 148 Å². The van der Waals surface area contributed by atoms with Gasteiger partial charge in [0.15, 0.2) is 17.5 Å². The predicted octanol–water partition coefficient (Wildman–Crippen LogP) is 3.51. The number of nitrogens with two attached hydrogens (primary N) is 2. The lowest BCUT2D eigenvalue weighted by Crippen LogP contribution is -2.54. The first-order valence-corrected chi connectivity index (χ1v) is 13.1. The minimum Gasteiger partial charge on any atom is -0.383 e. The van der Waals surface area contributed by atoms with Crippen LogP contribution in [0.2, 0.25) is 5.02 Å². The monoisotopic (exact) mass is 584 g/mol. The molecule has 2 aromatic carbocycles. The molecule has 0 heterocycles. The Hall–Kier alpha value is -3.06. The van der Waals surface area contributed by atoms with E-state index in [4.69, 9.17) is 23.1 Å². The molecule has 39 heavy (non-hydrogen) atoms. The van der Waals surface area contributed by atoms with Crippen LogP contribution in [0.1, 0.15) is 36.5 Å².